The number of rotatable bonds is 1. The van der Waals surface area contributed by atoms with Crippen LogP contribution in [0.4, 0.5) is 11.4 Å². The van der Waals surface area contributed by atoms with Gasteiger partial charge in [-0.3, -0.25) is 5.14 Å². The standard InChI is InChI=1S/C5H2Br2N4S3/c6-1-2-3(10-14-9-2)4(7)12-5(1)11-13-8/h8H2. The van der Waals surface area contributed by atoms with E-state index in [0.717, 1.165) is 36.4 Å². The summed E-state index contributed by atoms with van der Waals surface area (Å²) in [6, 6.07) is 0. The molecule has 0 unspecified atom stereocenters. The topological polar surface area (TPSA) is 63.1 Å². The van der Waals surface area contributed by atoms with Gasteiger partial charge in [0.2, 0.25) is 0 Å². The molecule has 1 aliphatic heterocycles. The summed E-state index contributed by atoms with van der Waals surface area (Å²) in [5, 5.41) is 5.29. The van der Waals surface area contributed by atoms with Crippen LogP contribution in [0.2, 0.25) is 0 Å². The molecule has 0 aromatic carbocycles. The van der Waals surface area contributed by atoms with Gasteiger partial charge >= 0.3 is 0 Å². The van der Waals surface area contributed by atoms with E-state index < -0.39 is 0 Å². The first-order valence-corrected chi connectivity index (χ1v) is 7.21. The van der Waals surface area contributed by atoms with Crippen molar-refractivity contribution in [3.05, 3.63) is 12.9 Å². The van der Waals surface area contributed by atoms with Gasteiger partial charge in [0.25, 0.3) is 0 Å². The number of nitrogens with two attached hydrogens (primary N) is 1. The number of hydrogen-bond acceptors (Lipinski definition) is 6. The van der Waals surface area contributed by atoms with Crippen molar-refractivity contribution in [1.29, 1.82) is 0 Å². The minimum atomic E-state index is 0.796. The lowest BCUT2D eigenvalue weighted by Gasteiger charge is -1.99. The molecule has 0 saturated heterocycles. The second kappa shape index (κ2) is 4.54. The van der Waals surface area contributed by atoms with E-state index in [1.807, 2.05) is 0 Å². The summed E-state index contributed by atoms with van der Waals surface area (Å²) < 4.78 is 15.0. The zero-order valence-corrected chi connectivity index (χ0v) is 12.0. The van der Waals surface area contributed by atoms with Gasteiger partial charge < -0.3 is 0 Å². The monoisotopic (exact) mass is 372 g/mol. The lowest BCUT2D eigenvalue weighted by Crippen LogP contribution is -1.98. The predicted octanol–water partition coefficient (Wildman–Crippen LogP) is 3.42. The Morgan fingerprint density at radius 2 is 2.00 bits per heavy atom. The summed E-state index contributed by atoms with van der Waals surface area (Å²) in [6.07, 6.45) is 0. The summed E-state index contributed by atoms with van der Waals surface area (Å²) in [5.74, 6) is 0. The van der Waals surface area contributed by atoms with E-state index in [0.29, 0.717) is 0 Å². The first kappa shape index (κ1) is 11.0. The molecule has 0 spiro atoms. The third-order valence-electron chi connectivity index (χ3n) is 1.39. The first-order valence-electron chi connectivity index (χ1n) is 3.24. The van der Waals surface area contributed by atoms with Crippen LogP contribution in [0.3, 0.4) is 0 Å². The smallest absolute Gasteiger partial charge is 0.143 e. The molecule has 0 fully saturated rings. The largest absolute Gasteiger partial charge is 0.258 e. The number of hydrogen-bond donors (Lipinski definition) is 1. The maximum atomic E-state index is 5.29. The molecular weight excluding hydrogens is 372 g/mol. The van der Waals surface area contributed by atoms with E-state index >= 15 is 0 Å². The first-order chi connectivity index (χ1) is 6.74. The maximum Gasteiger partial charge on any atom is 0.143 e. The summed E-state index contributed by atoms with van der Waals surface area (Å²) in [7, 11) is 0. The normalized spacial score (nSPS) is 14.4. The molecule has 2 heterocycles. The van der Waals surface area contributed by atoms with Crippen molar-refractivity contribution in [2.75, 3.05) is 0 Å². The summed E-state index contributed by atoms with van der Waals surface area (Å²) in [4.78, 5) is 0. The molecule has 4 nitrogen and oxygen atoms in total. The number of fused-ring (bicyclic) bond motifs is 1. The van der Waals surface area contributed by atoms with Gasteiger partial charge in [-0.05, 0) is 31.9 Å². The molecule has 0 aliphatic carbocycles. The van der Waals surface area contributed by atoms with Crippen molar-refractivity contribution in [2.45, 2.75) is 0 Å². The molecule has 2 N–H and O–H groups in total. The molecule has 0 radical (unpaired) electrons. The van der Waals surface area contributed by atoms with Crippen molar-refractivity contribution in [1.82, 2.24) is 0 Å². The average Bonchev–Trinajstić information content (AvgIpc) is 2.63. The molecule has 0 atom stereocenters. The molecule has 0 saturated carbocycles. The van der Waals surface area contributed by atoms with Crippen molar-refractivity contribution in [3.8, 4) is 0 Å². The maximum absolute atomic E-state index is 5.29. The van der Waals surface area contributed by atoms with E-state index in [1.165, 1.54) is 22.7 Å². The lowest BCUT2D eigenvalue weighted by molar-refractivity contribution is 1.47. The third-order valence-corrected chi connectivity index (χ3v) is 5.06. The minimum Gasteiger partial charge on any atom is -0.258 e. The third kappa shape index (κ3) is 1.89. The number of halogens is 2. The van der Waals surface area contributed by atoms with E-state index in [1.54, 1.807) is 0 Å². The van der Waals surface area contributed by atoms with Gasteiger partial charge in [0.15, 0.2) is 0 Å². The van der Waals surface area contributed by atoms with Gasteiger partial charge in [0.1, 0.15) is 19.8 Å². The van der Waals surface area contributed by atoms with Crippen molar-refractivity contribution in [3.63, 3.8) is 0 Å². The molecule has 2 rings (SSSR count). The van der Waals surface area contributed by atoms with Crippen LogP contribution in [0.15, 0.2) is 21.4 Å². The van der Waals surface area contributed by atoms with Gasteiger partial charge in [-0.2, -0.15) is 13.1 Å². The van der Waals surface area contributed by atoms with Crippen LogP contribution in [0.25, 0.3) is 0 Å². The molecule has 1 aliphatic rings. The fraction of sp³-hybridized carbons (Fsp3) is 0. The van der Waals surface area contributed by atoms with Crippen molar-refractivity contribution < 1.29 is 0 Å². The highest BCUT2D eigenvalue weighted by Gasteiger charge is 2.15. The zero-order valence-electron chi connectivity index (χ0n) is 6.40. The quantitative estimate of drug-likeness (QED) is 0.778. The van der Waals surface area contributed by atoms with E-state index in [-0.39, 0.29) is 0 Å². The summed E-state index contributed by atoms with van der Waals surface area (Å²) >= 11 is 10.4. The Morgan fingerprint density at radius 1 is 1.29 bits per heavy atom. The fourth-order valence-corrected chi connectivity index (χ4v) is 4.22. The molecule has 74 valence electrons. The van der Waals surface area contributed by atoms with E-state index in [2.05, 4.69) is 45.0 Å². The lowest BCUT2D eigenvalue weighted by atomic mass is 10.4. The second-order valence-electron chi connectivity index (χ2n) is 2.15. The Hall–Kier alpha value is 0.460. The Labute approximate surface area is 108 Å². The van der Waals surface area contributed by atoms with Crippen LogP contribution in [-0.4, -0.2) is 0 Å². The van der Waals surface area contributed by atoms with Crippen LogP contribution < -0.4 is 9.81 Å². The van der Waals surface area contributed by atoms with Crippen LogP contribution >= 0.6 is 55.3 Å². The molecule has 1 aromatic heterocycles. The summed E-state index contributed by atoms with van der Waals surface area (Å²) in [6.45, 7) is 0. The Bertz CT molecular complexity index is 516. The highest BCUT2D eigenvalue weighted by Crippen LogP contribution is 2.43. The molecule has 1 aromatic rings. The van der Waals surface area contributed by atoms with E-state index in [4.69, 9.17) is 5.14 Å². The van der Waals surface area contributed by atoms with Crippen LogP contribution in [-0.2, 0) is 11.4 Å². The SMILES string of the molecule is NSN=c1sc(Br)c2c(c1Br)N=S=N2. The van der Waals surface area contributed by atoms with Crippen LogP contribution in [0, 0.1) is 0 Å². The van der Waals surface area contributed by atoms with Gasteiger partial charge in [-0.15, -0.1) is 11.3 Å². The summed E-state index contributed by atoms with van der Waals surface area (Å²) in [5.41, 5.74) is 1.67. The zero-order chi connectivity index (χ0) is 10.1. The molecule has 14 heavy (non-hydrogen) atoms. The van der Waals surface area contributed by atoms with Gasteiger partial charge in [-0.1, -0.05) is 0 Å². The minimum absolute atomic E-state index is 0.796. The Kier molecular flexibility index (Phi) is 3.55. The Morgan fingerprint density at radius 3 is 2.71 bits per heavy atom. The molecule has 0 bridgehead atoms. The predicted molar refractivity (Wildman–Crippen MR) is 68.6 cm³/mol. The van der Waals surface area contributed by atoms with Crippen LogP contribution in [0.1, 0.15) is 0 Å². The van der Waals surface area contributed by atoms with E-state index in [9.17, 15) is 0 Å². The van der Waals surface area contributed by atoms with Gasteiger partial charge in [0, 0.05) is 0 Å². The highest BCUT2D eigenvalue weighted by atomic mass is 79.9. The highest BCUT2D eigenvalue weighted by molar-refractivity contribution is 9.11. The van der Waals surface area contributed by atoms with Crippen molar-refractivity contribution in [2.24, 2.45) is 18.3 Å². The number of nitrogens with zero attached hydrogens (tertiary/aromatic N) is 3. The van der Waals surface area contributed by atoms with Crippen molar-refractivity contribution >= 4 is 78.1 Å². The fourth-order valence-electron chi connectivity index (χ4n) is 0.847. The van der Waals surface area contributed by atoms with Gasteiger partial charge in [0.05, 0.1) is 28.0 Å². The molecule has 9 heteroatoms. The molecule has 0 amide bonds. The molecular formula is C5H2Br2N4S3. The average molecular weight is 374 g/mol. The van der Waals surface area contributed by atoms with Crippen LogP contribution in [0.5, 0.6) is 0 Å². The van der Waals surface area contributed by atoms with Gasteiger partial charge in [-0.25, -0.2) is 0 Å². The Balaban J connectivity index is 2.77. The second-order valence-corrected chi connectivity index (χ2v) is 6.18.